The van der Waals surface area contributed by atoms with E-state index in [2.05, 4.69) is 123 Å². The summed E-state index contributed by atoms with van der Waals surface area (Å²) in [6.45, 7) is 30.6. The van der Waals surface area contributed by atoms with Gasteiger partial charge in [0.15, 0.2) is 0 Å². The molecule has 0 radical (unpaired) electrons. The molecule has 3 heterocycles. The van der Waals surface area contributed by atoms with Crippen LogP contribution in [0.25, 0.3) is 5.32 Å². The first-order valence-electron chi connectivity index (χ1n) is 18.6. The van der Waals surface area contributed by atoms with Crippen LogP contribution in [0.2, 0.25) is 19.6 Å². The number of rotatable bonds is 6. The average Bonchev–Trinajstić information content (AvgIpc) is 3.86. The van der Waals surface area contributed by atoms with Crippen LogP contribution in [0.4, 0.5) is 11.4 Å². The van der Waals surface area contributed by atoms with Gasteiger partial charge in [-0.25, -0.2) is 0 Å². The van der Waals surface area contributed by atoms with Crippen molar-refractivity contribution >= 4 is 25.3 Å². The number of hydrogen-bond donors (Lipinski definition) is 0. The molecule has 0 aromatic heterocycles. The summed E-state index contributed by atoms with van der Waals surface area (Å²) in [6, 6.07) is 13.1. The smallest absolute Gasteiger partial charge is 0.428 e. The van der Waals surface area contributed by atoms with Gasteiger partial charge < -0.3 is 24.5 Å². The van der Waals surface area contributed by atoms with E-state index in [1.54, 1.807) is 0 Å². The summed E-state index contributed by atoms with van der Waals surface area (Å²) in [5.74, 6) is 5.55. The van der Waals surface area contributed by atoms with E-state index >= 15 is 0 Å². The zero-order valence-electron chi connectivity index (χ0n) is 33.4. The average molecular weight is 683 g/mol. The quantitative estimate of drug-likeness (QED) is 0.132. The van der Waals surface area contributed by atoms with Crippen molar-refractivity contribution in [2.24, 2.45) is 4.99 Å². The van der Waals surface area contributed by atoms with E-state index in [4.69, 9.17) is 24.5 Å². The topological polar surface area (TPSA) is 54.1 Å². The SMILES string of the molecule is C1CCOC1.C1CCOC1.C1CCOC1.CC(C)c1cccc(C(C)C)c1N=C(C#C[Si](C)(C)C)[N-]c1c(C(C)C)cccc1C(C)C.[Li+]. The molecule has 2 aromatic rings. The Bertz CT molecular complexity index is 1190. The summed E-state index contributed by atoms with van der Waals surface area (Å²) in [5, 5.41) is 5.20. The fraction of sp³-hybridized carbons (Fsp3) is 0.643. The first kappa shape index (κ1) is 45.2. The predicted molar refractivity (Wildman–Crippen MR) is 211 cm³/mol. The van der Waals surface area contributed by atoms with Crippen molar-refractivity contribution < 1.29 is 33.1 Å². The Morgan fingerprint density at radius 3 is 1.18 bits per heavy atom. The van der Waals surface area contributed by atoms with Crippen molar-refractivity contribution in [3.05, 3.63) is 64.0 Å². The van der Waals surface area contributed by atoms with Crippen LogP contribution in [0, 0.1) is 11.5 Å². The number of hydrogen-bond acceptors (Lipinski definition) is 4. The van der Waals surface area contributed by atoms with Crippen LogP contribution in [0.15, 0.2) is 41.4 Å². The minimum atomic E-state index is -1.60. The molecule has 0 amide bonds. The fourth-order valence-corrected chi connectivity index (χ4v) is 5.84. The van der Waals surface area contributed by atoms with Crippen LogP contribution in [-0.4, -0.2) is 53.6 Å². The molecule has 7 heteroatoms. The third-order valence-electron chi connectivity index (χ3n) is 8.15. The molecule has 3 fully saturated rings. The first-order valence-corrected chi connectivity index (χ1v) is 22.1. The van der Waals surface area contributed by atoms with E-state index in [1.807, 2.05) is 0 Å². The van der Waals surface area contributed by atoms with Crippen molar-refractivity contribution in [1.29, 1.82) is 0 Å². The monoisotopic (exact) mass is 683 g/mol. The summed E-state index contributed by atoms with van der Waals surface area (Å²) in [5.41, 5.74) is 10.6. The second kappa shape index (κ2) is 24.4. The Labute approximate surface area is 314 Å². The molecule has 2 aromatic carbocycles. The molecule has 268 valence electrons. The van der Waals surface area contributed by atoms with Crippen LogP contribution < -0.4 is 18.9 Å². The number of ether oxygens (including phenoxy) is 3. The van der Waals surface area contributed by atoms with Gasteiger partial charge in [0.1, 0.15) is 8.07 Å². The Morgan fingerprint density at radius 2 is 0.918 bits per heavy atom. The van der Waals surface area contributed by atoms with E-state index in [1.165, 1.54) is 60.8 Å². The predicted octanol–water partition coefficient (Wildman–Crippen LogP) is 9.19. The zero-order valence-corrected chi connectivity index (χ0v) is 34.4. The van der Waals surface area contributed by atoms with E-state index in [0.717, 1.165) is 51.0 Å². The minimum absolute atomic E-state index is 0. The van der Waals surface area contributed by atoms with E-state index in [0.29, 0.717) is 29.5 Å². The maximum atomic E-state index is 5.20. The van der Waals surface area contributed by atoms with Crippen LogP contribution >= 0.6 is 0 Å². The van der Waals surface area contributed by atoms with Gasteiger partial charge in [0.05, 0.1) is 0 Å². The second-order valence-electron chi connectivity index (χ2n) is 15.2. The molecule has 0 saturated carbocycles. The largest absolute Gasteiger partial charge is 1.00 e. The maximum Gasteiger partial charge on any atom is 1.00 e. The van der Waals surface area contributed by atoms with Crippen molar-refractivity contribution in [3.8, 4) is 11.5 Å². The van der Waals surface area contributed by atoms with Gasteiger partial charge in [-0.2, -0.15) is 0 Å². The van der Waals surface area contributed by atoms with E-state index in [-0.39, 0.29) is 18.9 Å². The normalized spacial score (nSPS) is 15.8. The van der Waals surface area contributed by atoms with Gasteiger partial charge >= 0.3 is 18.9 Å². The summed E-state index contributed by atoms with van der Waals surface area (Å²) in [6.07, 6.45) is 7.67. The molecule has 49 heavy (non-hydrogen) atoms. The molecule has 0 N–H and O–H groups in total. The molecular weight excluding hydrogens is 616 g/mol. The van der Waals surface area contributed by atoms with Crippen LogP contribution in [0.5, 0.6) is 0 Å². The maximum absolute atomic E-state index is 5.20. The first-order chi connectivity index (χ1) is 22.8. The van der Waals surface area contributed by atoms with E-state index in [9.17, 15) is 0 Å². The Balaban J connectivity index is 0.000000604. The van der Waals surface area contributed by atoms with Crippen molar-refractivity contribution in [2.45, 2.75) is 137 Å². The molecule has 5 nitrogen and oxygen atoms in total. The molecule has 0 unspecified atom stereocenters. The summed E-state index contributed by atoms with van der Waals surface area (Å²) in [4.78, 5) is 5.20. The van der Waals surface area contributed by atoms with Crippen molar-refractivity contribution in [3.63, 3.8) is 0 Å². The van der Waals surface area contributed by atoms with Gasteiger partial charge in [0.25, 0.3) is 0 Å². The van der Waals surface area contributed by atoms with Crippen LogP contribution in [0.1, 0.15) is 140 Å². The van der Waals surface area contributed by atoms with Crippen LogP contribution in [-0.2, 0) is 14.2 Å². The molecule has 0 spiro atoms. The Morgan fingerprint density at radius 1 is 0.592 bits per heavy atom. The molecule has 5 rings (SSSR count). The third kappa shape index (κ3) is 17.8. The Kier molecular flexibility index (Phi) is 22.5. The van der Waals surface area contributed by atoms with Crippen molar-refractivity contribution in [1.82, 2.24) is 0 Å². The van der Waals surface area contributed by atoms with Gasteiger partial charge in [-0.1, -0.05) is 117 Å². The molecular formula is C42H67LiN2O3Si. The van der Waals surface area contributed by atoms with Crippen molar-refractivity contribution in [2.75, 3.05) is 39.6 Å². The Hall–Kier alpha value is -1.84. The number of benzene rings is 2. The summed E-state index contributed by atoms with van der Waals surface area (Å²) >= 11 is 0. The van der Waals surface area contributed by atoms with Gasteiger partial charge in [-0.05, 0) is 102 Å². The molecule has 3 saturated heterocycles. The fourth-order valence-electron chi connectivity index (χ4n) is 5.35. The standard InChI is InChI=1S/C30H43N2Si.3C4H8O.Li/c1-20(2)24-14-12-15-25(21(3)4)29(24)31-28(18-19-33(9,10)11)32-30-26(22(5)6)16-13-17-27(30)23(7)8;3*1-2-4-5-3-1;/h12-17,20-23H,1-11H3;3*1-4H2;/q-1;;;;+1. The number of nitrogens with zero attached hydrogens (tertiary/aromatic N) is 2. The van der Waals surface area contributed by atoms with Gasteiger partial charge in [-0.15, -0.1) is 5.54 Å². The summed E-state index contributed by atoms with van der Waals surface area (Å²) < 4.78 is 14.8. The number of aliphatic imine (C=N–C) groups is 1. The molecule has 0 bridgehead atoms. The van der Waals surface area contributed by atoms with E-state index < -0.39 is 8.07 Å². The van der Waals surface area contributed by atoms with Gasteiger partial charge in [-0.3, -0.25) is 0 Å². The third-order valence-corrected chi connectivity index (χ3v) is 9.03. The summed E-state index contributed by atoms with van der Waals surface area (Å²) in [7, 11) is -1.60. The van der Waals surface area contributed by atoms with Gasteiger partial charge in [0.2, 0.25) is 0 Å². The molecule has 0 aliphatic carbocycles. The zero-order chi connectivity index (χ0) is 35.5. The second-order valence-corrected chi connectivity index (χ2v) is 19.9. The van der Waals surface area contributed by atoms with Gasteiger partial charge in [0, 0.05) is 39.6 Å². The molecule has 0 atom stereocenters. The molecule has 3 aliphatic rings. The van der Waals surface area contributed by atoms with Crippen LogP contribution in [0.3, 0.4) is 0 Å². The number of amidine groups is 1. The number of para-hydroxylation sites is 2. The molecule has 3 aliphatic heterocycles. The minimum Gasteiger partial charge on any atom is -0.428 e.